The van der Waals surface area contributed by atoms with E-state index in [0.29, 0.717) is 29.7 Å². The van der Waals surface area contributed by atoms with Gasteiger partial charge in [-0.15, -0.1) is 0 Å². The van der Waals surface area contributed by atoms with E-state index < -0.39 is 18.2 Å². The number of rotatable bonds is 17. The largest absolute Gasteiger partial charge is 0.490 e. The molecule has 0 aromatic heterocycles. The van der Waals surface area contributed by atoms with E-state index in [-0.39, 0.29) is 37.7 Å². The molecule has 0 bridgehead atoms. The molecule has 3 N–H and O–H groups in total. The van der Waals surface area contributed by atoms with Gasteiger partial charge in [0.15, 0.2) is 0 Å². The van der Waals surface area contributed by atoms with Gasteiger partial charge in [-0.1, -0.05) is 38.8 Å². The summed E-state index contributed by atoms with van der Waals surface area (Å²) in [6.07, 6.45) is 2.19. The van der Waals surface area contributed by atoms with Gasteiger partial charge in [-0.05, 0) is 31.0 Å². The van der Waals surface area contributed by atoms with Gasteiger partial charge in [0.2, 0.25) is 0 Å². The third kappa shape index (κ3) is 8.81. The Bertz CT molecular complexity index is 854. The number of benzene rings is 2. The van der Waals surface area contributed by atoms with E-state index in [1.165, 1.54) is 6.07 Å². The maximum Gasteiger partial charge on any atom is 0.339 e. The molecule has 0 aliphatic carbocycles. The molecule has 0 heterocycles. The molecule has 2 aromatic rings. The summed E-state index contributed by atoms with van der Waals surface area (Å²) < 4.78 is 22.4. The molecule has 0 saturated carbocycles. The molecule has 2 atom stereocenters. The number of aliphatic hydroxyl groups is 2. The van der Waals surface area contributed by atoms with E-state index in [9.17, 15) is 20.1 Å². The van der Waals surface area contributed by atoms with E-state index in [2.05, 4.69) is 13.8 Å². The average Bonchev–Trinajstić information content (AvgIpc) is 2.81. The van der Waals surface area contributed by atoms with Crippen LogP contribution in [-0.2, 0) is 9.47 Å². The number of carbonyl (C=O) groups is 1. The van der Waals surface area contributed by atoms with Crippen molar-refractivity contribution >= 4 is 16.7 Å². The maximum absolute atomic E-state index is 11.8. The zero-order chi connectivity index (χ0) is 24.1. The third-order valence-electron chi connectivity index (χ3n) is 4.96. The highest BCUT2D eigenvalue weighted by atomic mass is 16.5. The first-order valence-corrected chi connectivity index (χ1v) is 11.5. The number of unbranched alkanes of at least 4 members (excludes halogenated alkanes) is 2. The van der Waals surface area contributed by atoms with Crippen LogP contribution in [0, 0.1) is 0 Å². The normalized spacial score (nSPS) is 13.1. The Morgan fingerprint density at radius 2 is 1.42 bits per heavy atom. The quantitative estimate of drug-likeness (QED) is 0.304. The zero-order valence-corrected chi connectivity index (χ0v) is 19.5. The minimum absolute atomic E-state index is 0.0110. The van der Waals surface area contributed by atoms with Crippen LogP contribution in [0.4, 0.5) is 0 Å². The predicted molar refractivity (Wildman–Crippen MR) is 125 cm³/mol. The number of fused-ring (bicyclic) bond motifs is 1. The number of carboxylic acid groups (broad SMARTS) is 1. The fraction of sp³-hybridized carbons (Fsp3) is 0.560. The number of aromatic carboxylic acids is 1. The SMILES string of the molecule is CCCCOCC(O)COc1cccc2c(OCC(O)COCCCC)c(C(=O)O)ccc12. The number of aliphatic hydroxyl groups excluding tert-OH is 2. The van der Waals surface area contributed by atoms with Gasteiger partial charge in [-0.25, -0.2) is 4.79 Å². The van der Waals surface area contributed by atoms with Crippen LogP contribution in [0.25, 0.3) is 10.8 Å². The first-order valence-electron chi connectivity index (χ1n) is 11.5. The zero-order valence-electron chi connectivity index (χ0n) is 19.5. The Morgan fingerprint density at radius 3 is 2.00 bits per heavy atom. The number of hydrogen-bond acceptors (Lipinski definition) is 7. The second kappa shape index (κ2) is 14.7. The first-order chi connectivity index (χ1) is 16.0. The Hall–Kier alpha value is -2.39. The van der Waals surface area contributed by atoms with E-state index in [1.807, 2.05) is 0 Å². The van der Waals surface area contributed by atoms with Gasteiger partial charge >= 0.3 is 5.97 Å². The maximum atomic E-state index is 11.8. The van der Waals surface area contributed by atoms with Crippen LogP contribution in [0.1, 0.15) is 49.9 Å². The van der Waals surface area contributed by atoms with Crippen LogP contribution in [-0.4, -0.2) is 73.1 Å². The highest BCUT2D eigenvalue weighted by Gasteiger charge is 2.19. The summed E-state index contributed by atoms with van der Waals surface area (Å²) in [5.41, 5.74) is -0.0110. The molecule has 0 radical (unpaired) electrons. The van der Waals surface area contributed by atoms with Crippen LogP contribution >= 0.6 is 0 Å². The molecule has 8 nitrogen and oxygen atoms in total. The Kier molecular flexibility index (Phi) is 12.0. The first kappa shape index (κ1) is 26.9. The molecule has 8 heteroatoms. The third-order valence-corrected chi connectivity index (χ3v) is 4.96. The van der Waals surface area contributed by atoms with Crippen molar-refractivity contribution < 1.29 is 39.1 Å². The molecule has 184 valence electrons. The van der Waals surface area contributed by atoms with E-state index >= 15 is 0 Å². The lowest BCUT2D eigenvalue weighted by Gasteiger charge is -2.18. The lowest BCUT2D eigenvalue weighted by Crippen LogP contribution is -2.24. The van der Waals surface area contributed by atoms with Crippen LogP contribution < -0.4 is 9.47 Å². The van der Waals surface area contributed by atoms with E-state index in [4.69, 9.17) is 18.9 Å². The summed E-state index contributed by atoms with van der Waals surface area (Å²) in [6.45, 7) is 5.49. The molecule has 2 rings (SSSR count). The summed E-state index contributed by atoms with van der Waals surface area (Å²) in [5.74, 6) is -0.488. The van der Waals surface area contributed by atoms with Gasteiger partial charge in [0.1, 0.15) is 42.5 Å². The summed E-state index contributed by atoms with van der Waals surface area (Å²) >= 11 is 0. The van der Waals surface area contributed by atoms with Crippen molar-refractivity contribution in [3.05, 3.63) is 35.9 Å². The monoisotopic (exact) mass is 464 g/mol. The molecule has 0 spiro atoms. The van der Waals surface area contributed by atoms with Gasteiger partial charge in [0, 0.05) is 24.0 Å². The molecule has 2 unspecified atom stereocenters. The highest BCUT2D eigenvalue weighted by Crippen LogP contribution is 2.35. The second-order valence-corrected chi connectivity index (χ2v) is 7.89. The smallest absolute Gasteiger partial charge is 0.339 e. The molecule has 0 amide bonds. The Morgan fingerprint density at radius 1 is 0.818 bits per heavy atom. The number of ether oxygens (including phenoxy) is 4. The minimum atomic E-state index is -1.13. The summed E-state index contributed by atoms with van der Waals surface area (Å²) in [6, 6.07) is 8.30. The lowest BCUT2D eigenvalue weighted by molar-refractivity contribution is 0.0111. The van der Waals surface area contributed by atoms with Crippen molar-refractivity contribution in [3.8, 4) is 11.5 Å². The second-order valence-electron chi connectivity index (χ2n) is 7.89. The minimum Gasteiger partial charge on any atom is -0.490 e. The fourth-order valence-electron chi connectivity index (χ4n) is 3.14. The average molecular weight is 465 g/mol. The standard InChI is InChI=1S/C25H36O8/c1-3-5-12-30-14-18(26)16-32-23-9-7-8-21-20(23)10-11-22(25(28)29)24(21)33-17-19(27)15-31-13-6-4-2/h7-11,18-19,26-27H,3-6,12-17H2,1-2H3,(H,28,29). The van der Waals surface area contributed by atoms with Crippen LogP contribution in [0.5, 0.6) is 11.5 Å². The van der Waals surface area contributed by atoms with E-state index in [1.54, 1.807) is 24.3 Å². The lowest BCUT2D eigenvalue weighted by atomic mass is 10.0. The highest BCUT2D eigenvalue weighted by molar-refractivity contribution is 6.02. The molecular weight excluding hydrogens is 428 g/mol. The van der Waals surface area contributed by atoms with Crippen LogP contribution in [0.3, 0.4) is 0 Å². The van der Waals surface area contributed by atoms with Crippen molar-refractivity contribution in [2.75, 3.05) is 39.6 Å². The van der Waals surface area contributed by atoms with Crippen molar-refractivity contribution in [1.82, 2.24) is 0 Å². The molecule has 0 aliphatic heterocycles. The van der Waals surface area contributed by atoms with Crippen molar-refractivity contribution in [1.29, 1.82) is 0 Å². The van der Waals surface area contributed by atoms with Gasteiger partial charge in [-0.2, -0.15) is 0 Å². The molecule has 2 aromatic carbocycles. The summed E-state index contributed by atoms with van der Waals surface area (Å²) in [7, 11) is 0. The van der Waals surface area contributed by atoms with Crippen molar-refractivity contribution in [2.45, 2.75) is 51.7 Å². The number of hydrogen-bond donors (Lipinski definition) is 3. The molecule has 0 saturated heterocycles. The predicted octanol–water partition coefficient (Wildman–Crippen LogP) is 3.65. The van der Waals surface area contributed by atoms with Gasteiger partial charge in [-0.3, -0.25) is 0 Å². The van der Waals surface area contributed by atoms with Crippen molar-refractivity contribution in [3.63, 3.8) is 0 Å². The van der Waals surface area contributed by atoms with Crippen molar-refractivity contribution in [2.24, 2.45) is 0 Å². The number of carboxylic acids is 1. The molecule has 33 heavy (non-hydrogen) atoms. The molecule has 0 aliphatic rings. The summed E-state index contributed by atoms with van der Waals surface area (Å²) in [4.78, 5) is 11.8. The molecular formula is C25H36O8. The summed E-state index contributed by atoms with van der Waals surface area (Å²) in [5, 5.41) is 31.1. The van der Waals surface area contributed by atoms with Gasteiger partial charge < -0.3 is 34.3 Å². The van der Waals surface area contributed by atoms with Crippen LogP contribution in [0.15, 0.2) is 30.3 Å². The van der Waals surface area contributed by atoms with Gasteiger partial charge in [0.05, 0.1) is 13.2 Å². The van der Waals surface area contributed by atoms with Gasteiger partial charge in [0.25, 0.3) is 0 Å². The molecule has 0 fully saturated rings. The topological polar surface area (TPSA) is 115 Å². The van der Waals surface area contributed by atoms with Crippen LogP contribution in [0.2, 0.25) is 0 Å². The Balaban J connectivity index is 2.10. The Labute approximate surface area is 195 Å². The fourth-order valence-corrected chi connectivity index (χ4v) is 3.14. The van der Waals surface area contributed by atoms with E-state index in [0.717, 1.165) is 25.7 Å².